The molecular formula is C36H38N4O3S. The van der Waals surface area contributed by atoms with Gasteiger partial charge in [-0.2, -0.15) is 0 Å². The standard InChI is InChI=1S/C36H38N4O3S/c1-6-27-20-32(30-12-7-9-13-31(30)37-27)42-22-25-15-16-28(26(19-25)21-40-18-17-36(4,5)35(40)41)29-11-8-10-14-33(29)44-39-34-23(2)24(3)38-43-34/h7-16,19-20,39H,6,17-18,21-22H2,1-5H3. The van der Waals surface area contributed by atoms with Crippen molar-refractivity contribution >= 4 is 34.6 Å². The molecule has 2 aromatic heterocycles. The fraction of sp³-hybridized carbons (Fsp3) is 0.306. The number of amides is 1. The number of fused-ring (bicyclic) bond motifs is 1. The third-order valence-corrected chi connectivity index (χ3v) is 9.34. The molecule has 1 aliphatic heterocycles. The van der Waals surface area contributed by atoms with E-state index in [1.807, 2.05) is 69.0 Å². The van der Waals surface area contributed by atoms with Crippen LogP contribution in [0.4, 0.5) is 5.88 Å². The zero-order valence-electron chi connectivity index (χ0n) is 25.9. The summed E-state index contributed by atoms with van der Waals surface area (Å²) in [4.78, 5) is 21.1. The summed E-state index contributed by atoms with van der Waals surface area (Å²) in [5.74, 6) is 1.68. The van der Waals surface area contributed by atoms with Crippen molar-refractivity contribution in [3.63, 3.8) is 0 Å². The van der Waals surface area contributed by atoms with Crippen molar-refractivity contribution in [1.82, 2.24) is 15.0 Å². The van der Waals surface area contributed by atoms with Crippen LogP contribution >= 0.6 is 11.9 Å². The lowest BCUT2D eigenvalue weighted by atomic mass is 9.92. The second-order valence-corrected chi connectivity index (χ2v) is 12.9. The van der Waals surface area contributed by atoms with Gasteiger partial charge in [-0.3, -0.25) is 14.5 Å². The van der Waals surface area contributed by atoms with E-state index in [2.05, 4.69) is 53.2 Å². The number of anilines is 1. The van der Waals surface area contributed by atoms with Crippen LogP contribution in [-0.4, -0.2) is 27.5 Å². The molecule has 0 spiro atoms. The SMILES string of the molecule is CCc1cc(OCc2ccc(-c3ccccc3SNc3onc(C)c3C)c(CN3CCC(C)(C)C3=O)c2)c2ccccc2n1. The number of benzene rings is 3. The van der Waals surface area contributed by atoms with Crippen LogP contribution in [0.3, 0.4) is 0 Å². The number of aromatic nitrogens is 2. The van der Waals surface area contributed by atoms with Crippen LogP contribution < -0.4 is 9.46 Å². The molecule has 0 bridgehead atoms. The molecule has 0 atom stereocenters. The van der Waals surface area contributed by atoms with E-state index in [0.717, 1.165) is 80.1 Å². The molecular weight excluding hydrogens is 568 g/mol. The minimum Gasteiger partial charge on any atom is -0.488 e. The molecule has 3 aromatic carbocycles. The first-order valence-electron chi connectivity index (χ1n) is 15.1. The van der Waals surface area contributed by atoms with E-state index < -0.39 is 0 Å². The molecule has 5 aromatic rings. The number of rotatable bonds is 10. The molecule has 226 valence electrons. The van der Waals surface area contributed by atoms with Crippen molar-refractivity contribution in [3.05, 3.63) is 101 Å². The Hall–Kier alpha value is -4.30. The Bertz CT molecular complexity index is 1830. The van der Waals surface area contributed by atoms with Crippen LogP contribution in [0.15, 0.2) is 82.2 Å². The van der Waals surface area contributed by atoms with Gasteiger partial charge in [0.05, 0.1) is 11.2 Å². The van der Waals surface area contributed by atoms with Gasteiger partial charge in [0, 0.05) is 46.1 Å². The largest absolute Gasteiger partial charge is 0.488 e. The van der Waals surface area contributed by atoms with E-state index in [1.54, 1.807) is 0 Å². The van der Waals surface area contributed by atoms with Gasteiger partial charge in [0.2, 0.25) is 11.8 Å². The van der Waals surface area contributed by atoms with E-state index >= 15 is 0 Å². The van der Waals surface area contributed by atoms with Crippen molar-refractivity contribution in [3.8, 4) is 16.9 Å². The van der Waals surface area contributed by atoms with Gasteiger partial charge in [0.1, 0.15) is 12.4 Å². The minimum absolute atomic E-state index is 0.195. The Morgan fingerprint density at radius 2 is 1.82 bits per heavy atom. The lowest BCUT2D eigenvalue weighted by Crippen LogP contribution is -2.30. The van der Waals surface area contributed by atoms with Gasteiger partial charge in [-0.1, -0.05) is 68.4 Å². The highest BCUT2D eigenvalue weighted by atomic mass is 32.2. The van der Waals surface area contributed by atoms with Crippen molar-refractivity contribution in [2.45, 2.75) is 65.5 Å². The molecule has 0 unspecified atom stereocenters. The number of nitrogens with zero attached hydrogens (tertiary/aromatic N) is 3. The van der Waals surface area contributed by atoms with E-state index in [9.17, 15) is 4.79 Å². The number of pyridine rings is 1. The highest BCUT2D eigenvalue weighted by Gasteiger charge is 2.38. The fourth-order valence-electron chi connectivity index (χ4n) is 5.59. The van der Waals surface area contributed by atoms with Gasteiger partial charge in [-0.05, 0) is 85.2 Å². The molecule has 1 aliphatic rings. The molecule has 0 aliphatic carbocycles. The molecule has 0 saturated carbocycles. The Morgan fingerprint density at radius 3 is 2.57 bits per heavy atom. The van der Waals surface area contributed by atoms with Crippen LogP contribution in [0.25, 0.3) is 22.0 Å². The Labute approximate surface area is 263 Å². The summed E-state index contributed by atoms with van der Waals surface area (Å²) < 4.78 is 15.3. The maximum Gasteiger partial charge on any atom is 0.237 e. The van der Waals surface area contributed by atoms with Gasteiger partial charge in [0.25, 0.3) is 0 Å². The maximum absolute atomic E-state index is 13.3. The molecule has 8 heteroatoms. The monoisotopic (exact) mass is 606 g/mol. The molecule has 1 N–H and O–H groups in total. The molecule has 1 fully saturated rings. The first kappa shape index (κ1) is 29.8. The number of nitrogens with one attached hydrogen (secondary N) is 1. The summed E-state index contributed by atoms with van der Waals surface area (Å²) in [7, 11) is 0. The summed E-state index contributed by atoms with van der Waals surface area (Å²) in [5.41, 5.74) is 7.76. The summed E-state index contributed by atoms with van der Waals surface area (Å²) in [6.45, 7) is 11.8. The topological polar surface area (TPSA) is 80.5 Å². The zero-order chi connectivity index (χ0) is 30.8. The van der Waals surface area contributed by atoms with Gasteiger partial charge < -0.3 is 14.2 Å². The predicted molar refractivity (Wildman–Crippen MR) is 177 cm³/mol. The van der Waals surface area contributed by atoms with E-state index in [1.165, 1.54) is 11.9 Å². The number of likely N-dealkylation sites (tertiary alicyclic amines) is 1. The van der Waals surface area contributed by atoms with Crippen LogP contribution in [0.2, 0.25) is 0 Å². The van der Waals surface area contributed by atoms with Crippen LogP contribution in [-0.2, 0) is 24.4 Å². The minimum atomic E-state index is -0.342. The average Bonchev–Trinajstić information content (AvgIpc) is 3.49. The highest BCUT2D eigenvalue weighted by Crippen LogP contribution is 2.38. The molecule has 7 nitrogen and oxygen atoms in total. The molecule has 1 saturated heterocycles. The maximum atomic E-state index is 13.3. The second-order valence-electron chi connectivity index (χ2n) is 12.0. The first-order chi connectivity index (χ1) is 21.2. The summed E-state index contributed by atoms with van der Waals surface area (Å²) >= 11 is 1.50. The zero-order valence-corrected chi connectivity index (χ0v) is 26.8. The number of carbonyl (C=O) groups excluding carboxylic acids is 1. The second kappa shape index (κ2) is 12.4. The highest BCUT2D eigenvalue weighted by molar-refractivity contribution is 8.00. The van der Waals surface area contributed by atoms with Crippen molar-refractivity contribution in [2.75, 3.05) is 11.3 Å². The molecule has 44 heavy (non-hydrogen) atoms. The Kier molecular flexibility index (Phi) is 8.36. The van der Waals surface area contributed by atoms with Crippen molar-refractivity contribution in [1.29, 1.82) is 0 Å². The lowest BCUT2D eigenvalue weighted by Gasteiger charge is -2.22. The third-order valence-electron chi connectivity index (χ3n) is 8.48. The third kappa shape index (κ3) is 6.04. The first-order valence-corrected chi connectivity index (χ1v) is 15.9. The number of ether oxygens (including phenoxy) is 1. The van der Waals surface area contributed by atoms with Gasteiger partial charge >= 0.3 is 0 Å². The quantitative estimate of drug-likeness (QED) is 0.160. The number of para-hydroxylation sites is 1. The number of aryl methyl sites for hydroxylation is 2. The average molecular weight is 607 g/mol. The number of hydrogen-bond donors (Lipinski definition) is 1. The predicted octanol–water partition coefficient (Wildman–Crippen LogP) is 8.53. The van der Waals surface area contributed by atoms with E-state index in [4.69, 9.17) is 14.2 Å². The number of hydrogen-bond acceptors (Lipinski definition) is 7. The molecule has 6 rings (SSSR count). The van der Waals surface area contributed by atoms with Crippen molar-refractivity contribution < 1.29 is 14.1 Å². The molecule has 1 amide bonds. The fourth-order valence-corrected chi connectivity index (χ4v) is 6.41. The molecule has 0 radical (unpaired) electrons. The number of carbonyl (C=O) groups is 1. The normalized spacial score (nSPS) is 14.4. The summed E-state index contributed by atoms with van der Waals surface area (Å²) in [6, 6.07) is 24.9. The Balaban J connectivity index is 1.33. The van der Waals surface area contributed by atoms with Crippen LogP contribution in [0, 0.1) is 19.3 Å². The van der Waals surface area contributed by atoms with Crippen LogP contribution in [0.5, 0.6) is 5.75 Å². The van der Waals surface area contributed by atoms with Crippen LogP contribution in [0.1, 0.15) is 55.3 Å². The van der Waals surface area contributed by atoms with Crippen molar-refractivity contribution in [2.24, 2.45) is 5.41 Å². The van der Waals surface area contributed by atoms with E-state index in [-0.39, 0.29) is 11.3 Å². The lowest BCUT2D eigenvalue weighted by molar-refractivity contribution is -0.135. The van der Waals surface area contributed by atoms with E-state index in [0.29, 0.717) is 19.0 Å². The van der Waals surface area contributed by atoms with Gasteiger partial charge in [0.15, 0.2) is 0 Å². The summed E-state index contributed by atoms with van der Waals surface area (Å²) in [5, 5.41) is 5.07. The van der Waals surface area contributed by atoms with Gasteiger partial charge in [-0.25, -0.2) is 0 Å². The Morgan fingerprint density at radius 1 is 1.02 bits per heavy atom. The summed E-state index contributed by atoms with van der Waals surface area (Å²) in [6.07, 6.45) is 1.69. The van der Waals surface area contributed by atoms with Gasteiger partial charge in [-0.15, -0.1) is 0 Å². The molecule has 3 heterocycles. The smallest absolute Gasteiger partial charge is 0.237 e.